The van der Waals surface area contributed by atoms with Crippen LogP contribution in [0.25, 0.3) is 11.0 Å². The number of halogens is 1. The summed E-state index contributed by atoms with van der Waals surface area (Å²) >= 11 is 0. The van der Waals surface area contributed by atoms with Crippen LogP contribution in [0.3, 0.4) is 0 Å². The summed E-state index contributed by atoms with van der Waals surface area (Å²) in [5.74, 6) is -0.310. The molecule has 1 heterocycles. The molecule has 0 spiro atoms. The van der Waals surface area contributed by atoms with Gasteiger partial charge in [-0.25, -0.2) is 4.39 Å². The summed E-state index contributed by atoms with van der Waals surface area (Å²) in [6, 6.07) is 4.18. The number of benzene rings is 1. The Bertz CT molecular complexity index is 355. The third kappa shape index (κ3) is 0.655. The second kappa shape index (κ2) is 1.76. The van der Waals surface area contributed by atoms with Crippen LogP contribution in [0.4, 0.5) is 4.39 Å². The minimum absolute atomic E-state index is 0.310. The molecule has 0 aliphatic rings. The van der Waals surface area contributed by atoms with Crippen molar-refractivity contribution in [1.82, 2.24) is 15.4 Å². The zero-order chi connectivity index (χ0) is 6.97. The van der Waals surface area contributed by atoms with Crippen molar-refractivity contribution in [3.63, 3.8) is 0 Å². The third-order valence-electron chi connectivity index (χ3n) is 1.24. The van der Waals surface area contributed by atoms with Crippen molar-refractivity contribution in [3.05, 3.63) is 24.0 Å². The molecular formula is C6H3FN3-. The fourth-order valence-electron chi connectivity index (χ4n) is 0.780. The monoisotopic (exact) mass is 136 g/mol. The molecule has 0 bridgehead atoms. The van der Waals surface area contributed by atoms with Gasteiger partial charge in [0.25, 0.3) is 0 Å². The third-order valence-corrected chi connectivity index (χ3v) is 1.24. The number of nitrogens with zero attached hydrogens (tertiary/aromatic N) is 3. The Morgan fingerprint density at radius 2 is 2.00 bits per heavy atom. The van der Waals surface area contributed by atoms with E-state index < -0.39 is 0 Å². The molecule has 4 heteroatoms. The van der Waals surface area contributed by atoms with Crippen molar-refractivity contribution < 1.29 is 4.39 Å². The van der Waals surface area contributed by atoms with E-state index in [1.54, 1.807) is 6.07 Å². The Kier molecular flexibility index (Phi) is 0.943. The van der Waals surface area contributed by atoms with Crippen LogP contribution in [0.15, 0.2) is 18.2 Å². The highest BCUT2D eigenvalue weighted by molar-refractivity contribution is 5.72. The van der Waals surface area contributed by atoms with E-state index in [1.165, 1.54) is 12.1 Å². The quantitative estimate of drug-likeness (QED) is 0.535. The number of hydrogen-bond acceptors (Lipinski definition) is 2. The number of fused-ring (bicyclic) bond motifs is 1. The Morgan fingerprint density at radius 3 is 2.90 bits per heavy atom. The molecule has 2 aromatic rings. The molecule has 3 nitrogen and oxygen atoms in total. The van der Waals surface area contributed by atoms with E-state index in [0.717, 1.165) is 0 Å². The molecule has 2 rings (SSSR count). The van der Waals surface area contributed by atoms with Gasteiger partial charge in [-0.05, 0) is 18.2 Å². The van der Waals surface area contributed by atoms with E-state index in [-0.39, 0.29) is 5.82 Å². The minimum atomic E-state index is -0.310. The maximum Gasteiger partial charge on any atom is 0.125 e. The maximum absolute atomic E-state index is 12.4. The molecule has 0 amide bonds. The number of rotatable bonds is 0. The van der Waals surface area contributed by atoms with E-state index in [4.69, 9.17) is 0 Å². The first-order valence-corrected chi connectivity index (χ1v) is 2.77. The summed E-state index contributed by atoms with van der Waals surface area (Å²) in [6.07, 6.45) is 0. The van der Waals surface area contributed by atoms with Gasteiger partial charge in [0, 0.05) is 0 Å². The molecule has 10 heavy (non-hydrogen) atoms. The van der Waals surface area contributed by atoms with Gasteiger partial charge in [-0.15, -0.1) is 0 Å². The van der Waals surface area contributed by atoms with E-state index in [9.17, 15) is 4.39 Å². The molecule has 1 aromatic heterocycles. The first kappa shape index (κ1) is 5.34. The highest BCUT2D eigenvalue weighted by atomic mass is 19.1. The predicted molar refractivity (Wildman–Crippen MR) is 32.8 cm³/mol. The van der Waals surface area contributed by atoms with Crippen molar-refractivity contribution in [1.29, 1.82) is 0 Å². The Balaban J connectivity index is 2.86. The van der Waals surface area contributed by atoms with Crippen LogP contribution in [0, 0.1) is 5.82 Å². The summed E-state index contributed by atoms with van der Waals surface area (Å²) in [5.41, 5.74) is 1.13. The summed E-state index contributed by atoms with van der Waals surface area (Å²) in [6.45, 7) is 0. The second-order valence-electron chi connectivity index (χ2n) is 1.92. The molecular weight excluding hydrogens is 133 g/mol. The molecule has 0 atom stereocenters. The Hall–Kier alpha value is -1.45. The Morgan fingerprint density at radius 1 is 1.20 bits per heavy atom. The van der Waals surface area contributed by atoms with Gasteiger partial charge in [-0.1, -0.05) is 0 Å². The minimum Gasteiger partial charge on any atom is -0.492 e. The lowest BCUT2D eigenvalue weighted by Gasteiger charge is -1.86. The Labute approximate surface area is 55.9 Å². The average molecular weight is 136 g/mol. The van der Waals surface area contributed by atoms with Crippen LogP contribution >= 0.6 is 0 Å². The molecule has 50 valence electrons. The standard InChI is InChI=1S/C6H3FN3/c7-4-1-2-5-6(3-4)9-10-8-5/h1-3H/q-1. The second-order valence-corrected chi connectivity index (χ2v) is 1.92. The van der Waals surface area contributed by atoms with Gasteiger partial charge < -0.3 is 15.4 Å². The van der Waals surface area contributed by atoms with Gasteiger partial charge in [-0.3, -0.25) is 0 Å². The van der Waals surface area contributed by atoms with Crippen molar-refractivity contribution in [3.8, 4) is 0 Å². The predicted octanol–water partition coefficient (Wildman–Crippen LogP) is 0.726. The molecule has 0 aliphatic carbocycles. The largest absolute Gasteiger partial charge is 0.492 e. The van der Waals surface area contributed by atoms with Crippen molar-refractivity contribution >= 4 is 11.0 Å². The normalized spacial score (nSPS) is 10.5. The SMILES string of the molecule is Fc1ccc2n[n-]nc2c1. The van der Waals surface area contributed by atoms with Crippen molar-refractivity contribution in [2.45, 2.75) is 0 Å². The van der Waals surface area contributed by atoms with Gasteiger partial charge in [-0.2, -0.15) is 0 Å². The zero-order valence-electron chi connectivity index (χ0n) is 4.95. The van der Waals surface area contributed by atoms with E-state index >= 15 is 0 Å². The fraction of sp³-hybridized carbons (Fsp3) is 0. The van der Waals surface area contributed by atoms with Gasteiger partial charge >= 0.3 is 0 Å². The maximum atomic E-state index is 12.4. The van der Waals surface area contributed by atoms with Gasteiger partial charge in [0.15, 0.2) is 0 Å². The summed E-state index contributed by atoms with van der Waals surface area (Å²) < 4.78 is 12.4. The van der Waals surface area contributed by atoms with Crippen LogP contribution in [0.5, 0.6) is 0 Å². The van der Waals surface area contributed by atoms with Gasteiger partial charge in [0.1, 0.15) is 5.82 Å². The van der Waals surface area contributed by atoms with Crippen LogP contribution in [-0.4, -0.2) is 10.2 Å². The summed E-state index contributed by atoms with van der Waals surface area (Å²) in [5, 5.41) is 10.6. The highest BCUT2D eigenvalue weighted by Gasteiger charge is 1.92. The number of hydrogen-bond donors (Lipinski definition) is 0. The van der Waals surface area contributed by atoms with Crippen LogP contribution in [0.1, 0.15) is 0 Å². The molecule has 0 N–H and O–H groups in total. The van der Waals surface area contributed by atoms with Crippen LogP contribution in [0.2, 0.25) is 0 Å². The molecule has 0 saturated heterocycles. The number of aromatic nitrogens is 3. The lowest BCUT2D eigenvalue weighted by atomic mass is 10.3. The topological polar surface area (TPSA) is 39.9 Å². The smallest absolute Gasteiger partial charge is 0.125 e. The van der Waals surface area contributed by atoms with E-state index in [2.05, 4.69) is 15.4 Å². The highest BCUT2D eigenvalue weighted by Crippen LogP contribution is 2.07. The molecule has 0 unspecified atom stereocenters. The lowest BCUT2D eigenvalue weighted by molar-refractivity contribution is 0.629. The fourth-order valence-corrected chi connectivity index (χ4v) is 0.780. The van der Waals surface area contributed by atoms with Crippen LogP contribution in [-0.2, 0) is 0 Å². The average Bonchev–Trinajstić information content (AvgIpc) is 2.33. The lowest BCUT2D eigenvalue weighted by Crippen LogP contribution is -1.72. The summed E-state index contributed by atoms with van der Waals surface area (Å²) in [7, 11) is 0. The first-order valence-electron chi connectivity index (χ1n) is 2.77. The zero-order valence-corrected chi connectivity index (χ0v) is 4.95. The first-order chi connectivity index (χ1) is 4.86. The van der Waals surface area contributed by atoms with Crippen LogP contribution < -0.4 is 5.21 Å². The van der Waals surface area contributed by atoms with E-state index in [0.29, 0.717) is 11.0 Å². The molecule has 0 radical (unpaired) electrons. The van der Waals surface area contributed by atoms with Crippen molar-refractivity contribution in [2.75, 3.05) is 0 Å². The van der Waals surface area contributed by atoms with E-state index in [1.807, 2.05) is 0 Å². The van der Waals surface area contributed by atoms with Crippen molar-refractivity contribution in [2.24, 2.45) is 0 Å². The molecule has 0 saturated carbocycles. The molecule has 0 aliphatic heterocycles. The summed E-state index contributed by atoms with van der Waals surface area (Å²) in [4.78, 5) is 0. The van der Waals surface area contributed by atoms with Gasteiger partial charge in [0.05, 0.1) is 11.0 Å². The molecule has 1 aromatic carbocycles. The van der Waals surface area contributed by atoms with Gasteiger partial charge in [0.2, 0.25) is 0 Å². The molecule has 0 fully saturated rings.